The van der Waals surface area contributed by atoms with E-state index in [1.807, 2.05) is 13.8 Å². The third kappa shape index (κ3) is 8.22. The third-order valence-corrected chi connectivity index (χ3v) is 5.57. The molecule has 2 saturated heterocycles. The van der Waals surface area contributed by atoms with Gasteiger partial charge in [-0.1, -0.05) is 19.9 Å². The predicted molar refractivity (Wildman–Crippen MR) is 139 cm³/mol. The fourth-order valence-corrected chi connectivity index (χ4v) is 3.86. The summed E-state index contributed by atoms with van der Waals surface area (Å²) < 4.78 is 19.7. The number of carbonyl (C=O) groups excluding carboxylic acids is 1. The van der Waals surface area contributed by atoms with Crippen molar-refractivity contribution < 1.29 is 13.9 Å². The Kier molecular flexibility index (Phi) is 12.2. The van der Waals surface area contributed by atoms with E-state index in [4.69, 9.17) is 21.5 Å². The molecule has 0 bridgehead atoms. The molecule has 2 aliphatic heterocycles. The minimum Gasteiger partial charge on any atom is -0.442 e. The number of pyridine rings is 1. The van der Waals surface area contributed by atoms with Crippen molar-refractivity contribution >= 4 is 11.8 Å². The van der Waals surface area contributed by atoms with Gasteiger partial charge >= 0.3 is 6.09 Å². The Bertz CT molecular complexity index is 1010. The van der Waals surface area contributed by atoms with Gasteiger partial charge in [-0.2, -0.15) is 5.26 Å². The van der Waals surface area contributed by atoms with Crippen LogP contribution >= 0.6 is 0 Å². The lowest BCUT2D eigenvalue weighted by molar-refractivity contribution is 0.142. The van der Waals surface area contributed by atoms with E-state index in [1.54, 1.807) is 42.9 Å². The fourth-order valence-electron chi connectivity index (χ4n) is 3.86. The fraction of sp³-hybridized carbons (Fsp3) is 0.423. The second kappa shape index (κ2) is 15.3. The number of amides is 1. The highest BCUT2D eigenvalue weighted by Crippen LogP contribution is 2.28. The smallest absolute Gasteiger partial charge is 0.414 e. The molecule has 9 nitrogen and oxygen atoms in total. The number of nitriles is 1. The molecule has 1 amide bonds. The molecule has 1 aromatic heterocycles. The maximum atomic E-state index is 14.4. The van der Waals surface area contributed by atoms with Crippen molar-refractivity contribution in [2.24, 2.45) is 17.4 Å². The first kappa shape index (κ1) is 28.6. The van der Waals surface area contributed by atoms with Gasteiger partial charge in [-0.05, 0) is 37.2 Å². The normalized spacial score (nSPS) is 19.1. The van der Waals surface area contributed by atoms with Gasteiger partial charge in [0.25, 0.3) is 0 Å². The van der Waals surface area contributed by atoms with E-state index >= 15 is 0 Å². The van der Waals surface area contributed by atoms with E-state index in [0.29, 0.717) is 36.4 Å². The number of cyclic esters (lactones) is 1. The first-order chi connectivity index (χ1) is 17.5. The quantitative estimate of drug-likeness (QED) is 0.532. The predicted octanol–water partition coefficient (Wildman–Crippen LogP) is 3.05. The van der Waals surface area contributed by atoms with Crippen LogP contribution in [0.2, 0.25) is 0 Å². The largest absolute Gasteiger partial charge is 0.442 e. The monoisotopic (exact) mass is 497 g/mol. The van der Waals surface area contributed by atoms with Gasteiger partial charge in [0.05, 0.1) is 30.8 Å². The lowest BCUT2D eigenvalue weighted by atomic mass is 10.1. The number of nitrogens with zero attached hydrogens (tertiary/aromatic N) is 4. The number of carbonyl (C=O) groups is 1. The zero-order valence-corrected chi connectivity index (χ0v) is 20.9. The lowest BCUT2D eigenvalue weighted by Gasteiger charge is -2.14. The molecular weight excluding hydrogens is 461 g/mol. The Morgan fingerprint density at radius 2 is 2.14 bits per heavy atom. The van der Waals surface area contributed by atoms with Gasteiger partial charge in [-0.3, -0.25) is 9.88 Å². The van der Waals surface area contributed by atoms with Gasteiger partial charge in [0.1, 0.15) is 11.9 Å². The Balaban J connectivity index is 0.000000318. The zero-order chi connectivity index (χ0) is 26.3. The molecule has 0 spiro atoms. The number of anilines is 1. The van der Waals surface area contributed by atoms with Crippen molar-refractivity contribution in [1.29, 1.82) is 5.26 Å². The Hall–Kier alpha value is -3.68. The summed E-state index contributed by atoms with van der Waals surface area (Å²) in [6, 6.07) is 10.5. The molecule has 1 aromatic carbocycles. The highest BCUT2D eigenvalue weighted by atomic mass is 19.1. The first-order valence-electron chi connectivity index (χ1n) is 12.2. The number of likely N-dealkylation sites (tertiary alicyclic amines) is 1. The van der Waals surface area contributed by atoms with Crippen LogP contribution in [0, 0.1) is 23.1 Å². The van der Waals surface area contributed by atoms with Crippen LogP contribution in [0.4, 0.5) is 14.9 Å². The summed E-state index contributed by atoms with van der Waals surface area (Å²) in [6.45, 7) is 8.40. The average molecular weight is 498 g/mol. The SMILES string of the molecule is CC.N#CC1CCN(CCN)C1.N/C=C\NCC1CN(c2ccc(-c3cccnc3)c(F)c2)C(=O)O1. The number of hydrogen-bond acceptors (Lipinski definition) is 8. The molecule has 5 N–H and O–H groups in total. The van der Waals surface area contributed by atoms with Crippen molar-refractivity contribution in [3.05, 3.63) is 60.9 Å². The molecule has 4 rings (SSSR count). The molecule has 3 heterocycles. The van der Waals surface area contributed by atoms with Crippen molar-refractivity contribution in [3.63, 3.8) is 0 Å². The molecule has 2 aliphatic rings. The summed E-state index contributed by atoms with van der Waals surface area (Å²) in [5.74, 6) is -0.160. The van der Waals surface area contributed by atoms with Gasteiger partial charge < -0.3 is 26.4 Å². The average Bonchev–Trinajstić information content (AvgIpc) is 3.52. The summed E-state index contributed by atoms with van der Waals surface area (Å²) in [5.41, 5.74) is 12.2. The van der Waals surface area contributed by atoms with Gasteiger partial charge in [-0.25, -0.2) is 9.18 Å². The third-order valence-electron chi connectivity index (χ3n) is 5.57. The molecule has 2 unspecified atom stereocenters. The molecule has 194 valence electrons. The number of nitrogens with one attached hydrogen (secondary N) is 1. The van der Waals surface area contributed by atoms with Crippen molar-refractivity contribution in [3.8, 4) is 17.2 Å². The van der Waals surface area contributed by atoms with Crippen molar-refractivity contribution in [2.45, 2.75) is 26.4 Å². The van der Waals surface area contributed by atoms with E-state index in [9.17, 15) is 9.18 Å². The Labute approximate surface area is 212 Å². The standard InChI is InChI=1S/C17H17FN4O2.C7H13N3.C2H6/c18-16-8-13(3-4-15(16)12-2-1-6-20-9-12)22-11-14(24-17(22)23)10-21-7-5-19;8-2-4-10-3-1-7(5-9)6-10;1-2/h1-9,14,21H,10-11,19H2;7H,1-4,6,8H2;1-2H3/b7-5-;;. The van der Waals surface area contributed by atoms with Crippen LogP contribution in [0.25, 0.3) is 11.1 Å². The number of rotatable bonds is 7. The topological polar surface area (TPSA) is 134 Å². The molecule has 0 radical (unpaired) electrons. The minimum absolute atomic E-state index is 0.256. The molecule has 2 aromatic rings. The summed E-state index contributed by atoms with van der Waals surface area (Å²) >= 11 is 0. The number of benzene rings is 1. The van der Waals surface area contributed by atoms with E-state index in [0.717, 1.165) is 26.1 Å². The van der Waals surface area contributed by atoms with Gasteiger partial charge in [0.2, 0.25) is 0 Å². The summed E-state index contributed by atoms with van der Waals surface area (Å²) in [4.78, 5) is 19.6. The number of hydrogen-bond donors (Lipinski definition) is 3. The number of aromatic nitrogens is 1. The van der Waals surface area contributed by atoms with E-state index in [-0.39, 0.29) is 12.0 Å². The number of ether oxygens (including phenoxy) is 1. The van der Waals surface area contributed by atoms with Crippen LogP contribution in [-0.4, -0.2) is 61.3 Å². The molecule has 0 aliphatic carbocycles. The Morgan fingerprint density at radius 3 is 2.75 bits per heavy atom. The first-order valence-corrected chi connectivity index (χ1v) is 12.2. The van der Waals surface area contributed by atoms with E-state index in [1.165, 1.54) is 17.2 Å². The maximum absolute atomic E-state index is 14.4. The number of nitrogens with two attached hydrogens (primary N) is 2. The Morgan fingerprint density at radius 1 is 1.33 bits per heavy atom. The molecule has 2 fully saturated rings. The summed E-state index contributed by atoms with van der Waals surface area (Å²) in [5, 5.41) is 11.5. The van der Waals surface area contributed by atoms with Gasteiger partial charge in [0, 0.05) is 55.6 Å². The van der Waals surface area contributed by atoms with Crippen LogP contribution in [0.3, 0.4) is 0 Å². The second-order valence-electron chi connectivity index (χ2n) is 7.99. The zero-order valence-electron chi connectivity index (χ0n) is 20.9. The van der Waals surface area contributed by atoms with Gasteiger partial charge in [-0.15, -0.1) is 0 Å². The molecule has 10 heteroatoms. The molecule has 2 atom stereocenters. The highest BCUT2D eigenvalue weighted by molar-refractivity contribution is 5.90. The summed E-state index contributed by atoms with van der Waals surface area (Å²) in [6.07, 6.45) is 6.36. The molecular formula is C26H36FN7O2. The van der Waals surface area contributed by atoms with Crippen LogP contribution in [0.5, 0.6) is 0 Å². The van der Waals surface area contributed by atoms with E-state index in [2.05, 4.69) is 21.3 Å². The molecule has 0 saturated carbocycles. The molecule has 36 heavy (non-hydrogen) atoms. The van der Waals surface area contributed by atoms with E-state index < -0.39 is 11.9 Å². The van der Waals surface area contributed by atoms with Crippen molar-refractivity contribution in [2.75, 3.05) is 44.2 Å². The highest BCUT2D eigenvalue weighted by Gasteiger charge is 2.32. The van der Waals surface area contributed by atoms with Crippen LogP contribution in [0.15, 0.2) is 55.1 Å². The number of halogens is 1. The minimum atomic E-state index is -0.493. The van der Waals surface area contributed by atoms with Crippen LogP contribution in [0.1, 0.15) is 20.3 Å². The van der Waals surface area contributed by atoms with Gasteiger partial charge in [0.15, 0.2) is 0 Å². The second-order valence-corrected chi connectivity index (χ2v) is 7.99. The maximum Gasteiger partial charge on any atom is 0.414 e. The summed E-state index contributed by atoms with van der Waals surface area (Å²) in [7, 11) is 0. The van der Waals surface area contributed by atoms with Crippen LogP contribution in [-0.2, 0) is 4.74 Å². The van der Waals surface area contributed by atoms with Crippen LogP contribution < -0.4 is 21.7 Å². The van der Waals surface area contributed by atoms with Crippen molar-refractivity contribution in [1.82, 2.24) is 15.2 Å². The lowest BCUT2D eigenvalue weighted by Crippen LogP contribution is -2.28.